The van der Waals surface area contributed by atoms with Crippen LogP contribution in [0.25, 0.3) is 10.7 Å². The second-order valence-corrected chi connectivity index (χ2v) is 5.72. The highest BCUT2D eigenvalue weighted by molar-refractivity contribution is 7.98. The van der Waals surface area contributed by atoms with E-state index in [1.54, 1.807) is 23.1 Å². The predicted octanol–water partition coefficient (Wildman–Crippen LogP) is 3.29. The smallest absolute Gasteiger partial charge is 0.140 e. The molecule has 2 heterocycles. The number of nitrogens with zero attached hydrogens (tertiary/aromatic N) is 4. The van der Waals surface area contributed by atoms with Crippen molar-refractivity contribution in [1.29, 1.82) is 0 Å². The monoisotopic (exact) mass is 286 g/mol. The minimum Gasteiger partial charge on any atom is -0.140 e. The molecule has 0 saturated carbocycles. The van der Waals surface area contributed by atoms with Crippen LogP contribution in [0.5, 0.6) is 0 Å². The molecule has 19 heavy (non-hydrogen) atoms. The lowest BCUT2D eigenvalue weighted by Crippen LogP contribution is -2.00. The summed E-state index contributed by atoms with van der Waals surface area (Å²) in [6, 6.07) is 14.1. The first-order valence-corrected chi connectivity index (χ1v) is 7.56. The highest BCUT2D eigenvalue weighted by atomic mass is 32.2. The van der Waals surface area contributed by atoms with E-state index in [4.69, 9.17) is 0 Å². The van der Waals surface area contributed by atoms with Crippen LogP contribution >= 0.6 is 23.1 Å². The van der Waals surface area contributed by atoms with Gasteiger partial charge in [-0.2, -0.15) is 0 Å². The third-order valence-corrected chi connectivity index (χ3v) is 4.25. The first kappa shape index (κ1) is 12.3. The SMILES string of the molecule is c1ccc(SCc2nnc(-c3cccs3)nn2)cc1. The molecule has 3 rings (SSSR count). The molecule has 2 aromatic heterocycles. The van der Waals surface area contributed by atoms with Crippen molar-refractivity contribution in [1.82, 2.24) is 20.4 Å². The van der Waals surface area contributed by atoms with Crippen LogP contribution in [0, 0.1) is 0 Å². The summed E-state index contributed by atoms with van der Waals surface area (Å²) >= 11 is 3.26. The minimum absolute atomic E-state index is 0.587. The number of thiophene rings is 1. The van der Waals surface area contributed by atoms with Crippen molar-refractivity contribution < 1.29 is 0 Å². The van der Waals surface area contributed by atoms with Crippen LogP contribution < -0.4 is 0 Å². The molecule has 0 unspecified atom stereocenters. The van der Waals surface area contributed by atoms with Gasteiger partial charge >= 0.3 is 0 Å². The number of rotatable bonds is 4. The highest BCUT2D eigenvalue weighted by Crippen LogP contribution is 2.21. The largest absolute Gasteiger partial charge is 0.213 e. The average molecular weight is 286 g/mol. The molecule has 3 aromatic rings. The molecule has 1 aromatic carbocycles. The van der Waals surface area contributed by atoms with Gasteiger partial charge in [-0.1, -0.05) is 24.3 Å². The zero-order chi connectivity index (χ0) is 12.9. The van der Waals surface area contributed by atoms with E-state index in [0.29, 0.717) is 17.4 Å². The zero-order valence-electron chi connectivity index (χ0n) is 9.93. The fraction of sp³-hybridized carbons (Fsp3) is 0.0769. The molecule has 0 spiro atoms. The lowest BCUT2D eigenvalue weighted by Gasteiger charge is -1.99. The van der Waals surface area contributed by atoms with E-state index in [1.165, 1.54) is 4.90 Å². The summed E-state index contributed by atoms with van der Waals surface area (Å²) in [5.41, 5.74) is 0. The summed E-state index contributed by atoms with van der Waals surface area (Å²) < 4.78 is 0. The molecule has 0 aliphatic rings. The first-order valence-electron chi connectivity index (χ1n) is 5.70. The van der Waals surface area contributed by atoms with Crippen molar-refractivity contribution >= 4 is 23.1 Å². The Kier molecular flexibility index (Phi) is 3.81. The third kappa shape index (κ3) is 3.15. The quantitative estimate of drug-likeness (QED) is 0.689. The molecule has 0 saturated heterocycles. The zero-order valence-corrected chi connectivity index (χ0v) is 11.6. The summed E-state index contributed by atoms with van der Waals surface area (Å²) in [5.74, 6) is 1.91. The summed E-state index contributed by atoms with van der Waals surface area (Å²) in [6.07, 6.45) is 0. The average Bonchev–Trinajstić information content (AvgIpc) is 3.01. The van der Waals surface area contributed by atoms with Crippen LogP contribution in [0.4, 0.5) is 0 Å². The van der Waals surface area contributed by atoms with Crippen LogP contribution in [0.2, 0.25) is 0 Å². The summed E-state index contributed by atoms with van der Waals surface area (Å²) in [6.45, 7) is 0. The van der Waals surface area contributed by atoms with E-state index in [1.807, 2.05) is 35.7 Å². The number of thioether (sulfide) groups is 1. The lowest BCUT2D eigenvalue weighted by molar-refractivity contribution is 0.810. The molecule has 0 atom stereocenters. The Balaban J connectivity index is 1.67. The Labute approximate surface area is 118 Å². The molecule has 94 valence electrons. The van der Waals surface area contributed by atoms with Gasteiger partial charge in [0.2, 0.25) is 5.82 Å². The number of benzene rings is 1. The van der Waals surface area contributed by atoms with Gasteiger partial charge in [-0.3, -0.25) is 0 Å². The van der Waals surface area contributed by atoms with E-state index < -0.39 is 0 Å². The van der Waals surface area contributed by atoms with Gasteiger partial charge in [-0.15, -0.1) is 43.5 Å². The summed E-state index contributed by atoms with van der Waals surface area (Å²) in [4.78, 5) is 2.18. The molecule has 0 aliphatic heterocycles. The minimum atomic E-state index is 0.587. The predicted molar refractivity (Wildman–Crippen MR) is 76.9 cm³/mol. The highest BCUT2D eigenvalue weighted by Gasteiger charge is 2.05. The lowest BCUT2D eigenvalue weighted by atomic mass is 10.4. The number of hydrogen-bond donors (Lipinski definition) is 0. The van der Waals surface area contributed by atoms with Gasteiger partial charge in [-0.05, 0) is 23.6 Å². The molecular weight excluding hydrogens is 276 g/mol. The molecule has 0 radical (unpaired) electrons. The molecule has 0 fully saturated rings. The Morgan fingerprint density at radius 3 is 2.37 bits per heavy atom. The molecule has 0 bridgehead atoms. The van der Waals surface area contributed by atoms with Gasteiger partial charge in [0.05, 0.1) is 10.6 Å². The summed E-state index contributed by atoms with van der Waals surface area (Å²) in [7, 11) is 0. The van der Waals surface area contributed by atoms with E-state index in [2.05, 4.69) is 32.5 Å². The van der Waals surface area contributed by atoms with Crippen LogP contribution in [-0.4, -0.2) is 20.4 Å². The maximum Gasteiger partial charge on any atom is 0.213 e. The molecule has 0 amide bonds. The standard InChI is InChI=1S/C13H10N4S2/c1-2-5-10(6-3-1)19-9-12-14-16-13(17-15-12)11-7-4-8-18-11/h1-8H,9H2. The number of hydrogen-bond acceptors (Lipinski definition) is 6. The molecular formula is C13H10N4S2. The van der Waals surface area contributed by atoms with Gasteiger partial charge in [0, 0.05) is 4.90 Å². The van der Waals surface area contributed by atoms with E-state index in [-0.39, 0.29) is 0 Å². The van der Waals surface area contributed by atoms with Crippen LogP contribution in [0.3, 0.4) is 0 Å². The van der Waals surface area contributed by atoms with Crippen LogP contribution in [-0.2, 0) is 5.75 Å². The molecule has 6 heteroatoms. The second-order valence-electron chi connectivity index (χ2n) is 3.72. The van der Waals surface area contributed by atoms with Crippen molar-refractivity contribution in [2.75, 3.05) is 0 Å². The Hall–Kier alpha value is -1.79. The van der Waals surface area contributed by atoms with Gasteiger partial charge < -0.3 is 0 Å². The van der Waals surface area contributed by atoms with Crippen LogP contribution in [0.1, 0.15) is 5.82 Å². The fourth-order valence-electron chi connectivity index (χ4n) is 1.48. The van der Waals surface area contributed by atoms with Gasteiger partial charge in [0.15, 0.2) is 5.82 Å². The molecule has 4 nitrogen and oxygen atoms in total. The van der Waals surface area contributed by atoms with E-state index in [0.717, 1.165) is 4.88 Å². The Bertz CT molecular complexity index is 624. The fourth-order valence-corrected chi connectivity index (χ4v) is 2.89. The van der Waals surface area contributed by atoms with E-state index >= 15 is 0 Å². The first-order chi connectivity index (χ1) is 9.42. The number of aromatic nitrogens is 4. The van der Waals surface area contributed by atoms with Crippen molar-refractivity contribution in [3.05, 3.63) is 53.7 Å². The van der Waals surface area contributed by atoms with Gasteiger partial charge in [0.1, 0.15) is 0 Å². The second kappa shape index (κ2) is 5.90. The van der Waals surface area contributed by atoms with Crippen molar-refractivity contribution in [2.24, 2.45) is 0 Å². The molecule has 0 aliphatic carbocycles. The third-order valence-electron chi connectivity index (χ3n) is 2.37. The van der Waals surface area contributed by atoms with Gasteiger partial charge in [-0.25, -0.2) is 0 Å². The Morgan fingerprint density at radius 2 is 1.68 bits per heavy atom. The maximum absolute atomic E-state index is 4.11. The van der Waals surface area contributed by atoms with E-state index in [9.17, 15) is 0 Å². The van der Waals surface area contributed by atoms with Crippen molar-refractivity contribution in [3.8, 4) is 10.7 Å². The normalized spacial score (nSPS) is 10.5. The molecule has 0 N–H and O–H groups in total. The maximum atomic E-state index is 4.11. The summed E-state index contributed by atoms with van der Waals surface area (Å²) in [5, 5.41) is 18.4. The Morgan fingerprint density at radius 1 is 0.895 bits per heavy atom. The topological polar surface area (TPSA) is 51.6 Å². The van der Waals surface area contributed by atoms with Crippen molar-refractivity contribution in [2.45, 2.75) is 10.6 Å². The van der Waals surface area contributed by atoms with Crippen molar-refractivity contribution in [3.63, 3.8) is 0 Å². The van der Waals surface area contributed by atoms with Gasteiger partial charge in [0.25, 0.3) is 0 Å². The van der Waals surface area contributed by atoms with Crippen LogP contribution in [0.15, 0.2) is 52.7 Å².